The molecule has 4 atom stereocenters. The van der Waals surface area contributed by atoms with E-state index in [1.165, 1.54) is 16.2 Å². The highest BCUT2D eigenvalue weighted by Gasteiger charge is 2.43. The number of benzene rings is 1. The van der Waals surface area contributed by atoms with Gasteiger partial charge in [-0.25, -0.2) is 4.98 Å². The lowest BCUT2D eigenvalue weighted by atomic mass is 9.91. The summed E-state index contributed by atoms with van der Waals surface area (Å²) in [6.07, 6.45) is -0.598. The summed E-state index contributed by atoms with van der Waals surface area (Å²) in [4.78, 5) is 33.4. The van der Waals surface area contributed by atoms with Gasteiger partial charge >= 0.3 is 0 Å². The van der Waals surface area contributed by atoms with Crippen LogP contribution in [0.2, 0.25) is 0 Å². The molecule has 11 heteroatoms. The number of hydrogen-bond donors (Lipinski definition) is 3. The maximum atomic E-state index is 13.5. The number of rotatable bonds is 8. The molecule has 4 rings (SSSR count). The van der Waals surface area contributed by atoms with Crippen LogP contribution < -0.4 is 5.32 Å². The molecule has 3 aromatic rings. The molecule has 2 aromatic heterocycles. The second-order valence-corrected chi connectivity index (χ2v) is 11.3. The summed E-state index contributed by atoms with van der Waals surface area (Å²) in [7, 11) is 0. The summed E-state index contributed by atoms with van der Waals surface area (Å²) in [5.41, 5.74) is 4.18. The van der Waals surface area contributed by atoms with Gasteiger partial charge in [0.2, 0.25) is 11.8 Å². The largest absolute Gasteiger partial charge is 0.391 e. The molecular formula is C25H29IN4O5S. The van der Waals surface area contributed by atoms with Crippen molar-refractivity contribution in [2.45, 2.75) is 57.9 Å². The highest BCUT2D eigenvalue weighted by Crippen LogP contribution is 2.32. The lowest BCUT2D eigenvalue weighted by Crippen LogP contribution is -2.48. The quantitative estimate of drug-likeness (QED) is 0.328. The highest BCUT2D eigenvalue weighted by molar-refractivity contribution is 14.1. The Kier molecular flexibility index (Phi) is 8.43. The lowest BCUT2D eigenvalue weighted by Gasteiger charge is -2.29. The first-order valence-electron chi connectivity index (χ1n) is 11.7. The number of carbonyl (C=O) groups is 2. The van der Waals surface area contributed by atoms with E-state index in [0.29, 0.717) is 15.2 Å². The average Bonchev–Trinajstić information content (AvgIpc) is 3.58. The number of hydrogen-bond acceptors (Lipinski definition) is 8. The van der Waals surface area contributed by atoms with Gasteiger partial charge in [-0.05, 0) is 46.6 Å². The molecule has 36 heavy (non-hydrogen) atoms. The Bertz CT molecular complexity index is 1210. The van der Waals surface area contributed by atoms with Crippen molar-refractivity contribution in [3.8, 4) is 10.4 Å². The maximum Gasteiger partial charge on any atom is 0.243 e. The van der Waals surface area contributed by atoms with Gasteiger partial charge in [0.05, 0.1) is 34.8 Å². The number of carbonyl (C=O) groups excluding carboxylic acids is 2. The molecule has 1 aromatic carbocycles. The number of thiazole rings is 1. The van der Waals surface area contributed by atoms with Crippen LogP contribution in [0.4, 0.5) is 0 Å². The molecule has 1 saturated heterocycles. The second-order valence-electron chi connectivity index (χ2n) is 9.31. The molecule has 1 aliphatic heterocycles. The fourth-order valence-electron chi connectivity index (χ4n) is 4.57. The Hall–Kier alpha value is -2.35. The van der Waals surface area contributed by atoms with E-state index in [1.807, 2.05) is 67.6 Å². The average molecular weight is 625 g/mol. The van der Waals surface area contributed by atoms with Crippen molar-refractivity contribution in [2.75, 3.05) is 6.54 Å². The molecule has 0 radical (unpaired) electrons. The van der Waals surface area contributed by atoms with E-state index in [0.717, 1.165) is 16.0 Å². The zero-order chi connectivity index (χ0) is 26.0. The van der Waals surface area contributed by atoms with E-state index < -0.39 is 18.1 Å². The Labute approximate surface area is 227 Å². The monoisotopic (exact) mass is 624 g/mol. The van der Waals surface area contributed by atoms with E-state index in [1.54, 1.807) is 11.6 Å². The van der Waals surface area contributed by atoms with Gasteiger partial charge in [0.1, 0.15) is 15.7 Å². The standard InChI is InChI=1S/C25H29IN4O5S/c1-13(2)22(20-9-21(26)29-35-20)25(34)30-10-17(32)8-19(30)24(33)28-14(3)15-4-6-16(7-5-15)23-18(11-31)27-12-36-23/h4-7,9,12-14,17,19,22,31-32H,8,10-11H2,1-3H3,(H,28,33). The van der Waals surface area contributed by atoms with Crippen LogP contribution in [0.3, 0.4) is 0 Å². The zero-order valence-corrected chi connectivity index (χ0v) is 23.2. The molecule has 3 heterocycles. The fourth-order valence-corrected chi connectivity index (χ4v) is 5.78. The van der Waals surface area contributed by atoms with Crippen molar-refractivity contribution in [1.82, 2.24) is 20.4 Å². The molecule has 192 valence electrons. The molecule has 3 N–H and O–H groups in total. The molecule has 0 aliphatic carbocycles. The molecule has 9 nitrogen and oxygen atoms in total. The molecule has 4 unspecified atom stereocenters. The maximum absolute atomic E-state index is 13.5. The van der Waals surface area contributed by atoms with E-state index in [9.17, 15) is 19.8 Å². The van der Waals surface area contributed by atoms with Crippen molar-refractivity contribution < 1.29 is 24.3 Å². The molecule has 0 saturated carbocycles. The Balaban J connectivity index is 1.47. The van der Waals surface area contributed by atoms with Crippen LogP contribution in [0.5, 0.6) is 0 Å². The summed E-state index contributed by atoms with van der Waals surface area (Å²) < 4.78 is 6.03. The number of β-amino-alcohol motifs (C(OH)–C–C–N with tert-alkyl or cyclic N) is 1. The SMILES string of the molecule is CC(NC(=O)C1CC(O)CN1C(=O)C(c1cc(I)no1)C(C)C)c1ccc(-c2scnc2CO)cc1. The van der Waals surface area contributed by atoms with Crippen molar-refractivity contribution in [2.24, 2.45) is 5.92 Å². The van der Waals surface area contributed by atoms with E-state index in [2.05, 4.69) is 15.5 Å². The number of aliphatic hydroxyl groups excluding tert-OH is 2. The van der Waals surface area contributed by atoms with Crippen LogP contribution in [0, 0.1) is 9.62 Å². The van der Waals surface area contributed by atoms with E-state index in [4.69, 9.17) is 4.52 Å². The number of nitrogens with zero attached hydrogens (tertiary/aromatic N) is 3. The van der Waals surface area contributed by atoms with Crippen molar-refractivity contribution >= 4 is 45.7 Å². The number of nitrogens with one attached hydrogen (secondary N) is 1. The minimum atomic E-state index is -0.776. The van der Waals surface area contributed by atoms with Crippen LogP contribution >= 0.6 is 33.9 Å². The summed E-state index contributed by atoms with van der Waals surface area (Å²) >= 11 is 3.49. The van der Waals surface area contributed by atoms with Gasteiger partial charge in [0.15, 0.2) is 5.76 Å². The van der Waals surface area contributed by atoms with Crippen molar-refractivity contribution in [3.05, 3.63) is 56.6 Å². The molecule has 1 aliphatic rings. The third kappa shape index (κ3) is 5.63. The van der Waals surface area contributed by atoms with Gasteiger partial charge in [-0.1, -0.05) is 43.3 Å². The first-order valence-corrected chi connectivity index (χ1v) is 13.7. The van der Waals surface area contributed by atoms with E-state index >= 15 is 0 Å². The Morgan fingerprint density at radius 1 is 1.28 bits per heavy atom. The van der Waals surface area contributed by atoms with Crippen LogP contribution in [-0.2, 0) is 16.2 Å². The predicted octanol–water partition coefficient (Wildman–Crippen LogP) is 3.47. The summed E-state index contributed by atoms with van der Waals surface area (Å²) in [6, 6.07) is 8.37. The van der Waals surface area contributed by atoms with Crippen LogP contribution in [0.1, 0.15) is 56.2 Å². The van der Waals surface area contributed by atoms with E-state index in [-0.39, 0.29) is 43.3 Å². The first kappa shape index (κ1) is 26.7. The fraction of sp³-hybridized carbons (Fsp3) is 0.440. The number of halogens is 1. The second kappa shape index (κ2) is 11.4. The van der Waals surface area contributed by atoms with Gasteiger partial charge < -0.3 is 25.0 Å². The van der Waals surface area contributed by atoms with Crippen LogP contribution in [0.25, 0.3) is 10.4 Å². The first-order chi connectivity index (χ1) is 17.2. The van der Waals surface area contributed by atoms with Gasteiger partial charge in [0.25, 0.3) is 0 Å². The molecular weight excluding hydrogens is 595 g/mol. The molecule has 0 bridgehead atoms. The number of aromatic nitrogens is 2. The Morgan fingerprint density at radius 2 is 2.00 bits per heavy atom. The van der Waals surface area contributed by atoms with Crippen LogP contribution in [0.15, 0.2) is 40.4 Å². The van der Waals surface area contributed by atoms with Gasteiger partial charge in [-0.15, -0.1) is 11.3 Å². The summed E-state index contributed by atoms with van der Waals surface area (Å²) in [6.45, 7) is 5.69. The third-order valence-corrected chi connectivity index (χ3v) is 7.85. The normalized spacial score (nSPS) is 19.5. The third-order valence-electron chi connectivity index (χ3n) is 6.43. The molecule has 2 amide bonds. The minimum Gasteiger partial charge on any atom is -0.391 e. The van der Waals surface area contributed by atoms with Gasteiger partial charge in [-0.3, -0.25) is 9.59 Å². The smallest absolute Gasteiger partial charge is 0.243 e. The van der Waals surface area contributed by atoms with Gasteiger partial charge in [0, 0.05) is 19.0 Å². The van der Waals surface area contributed by atoms with Crippen molar-refractivity contribution in [1.29, 1.82) is 0 Å². The summed E-state index contributed by atoms with van der Waals surface area (Å²) in [5.74, 6) is -0.780. The zero-order valence-electron chi connectivity index (χ0n) is 20.2. The number of amides is 2. The van der Waals surface area contributed by atoms with Crippen LogP contribution in [-0.4, -0.2) is 55.8 Å². The van der Waals surface area contributed by atoms with Crippen molar-refractivity contribution in [3.63, 3.8) is 0 Å². The minimum absolute atomic E-state index is 0.0787. The lowest BCUT2D eigenvalue weighted by molar-refractivity contribution is -0.141. The van der Waals surface area contributed by atoms with Gasteiger partial charge in [-0.2, -0.15) is 0 Å². The number of likely N-dealkylation sites (tertiary alicyclic amines) is 1. The topological polar surface area (TPSA) is 129 Å². The molecule has 1 fully saturated rings. The molecule has 0 spiro atoms. The summed E-state index contributed by atoms with van der Waals surface area (Å²) in [5, 5.41) is 26.7. The highest BCUT2D eigenvalue weighted by atomic mass is 127. The Morgan fingerprint density at radius 3 is 2.61 bits per heavy atom. The predicted molar refractivity (Wildman–Crippen MR) is 143 cm³/mol. The number of aliphatic hydroxyl groups is 2.